The van der Waals surface area contributed by atoms with Gasteiger partial charge in [0.05, 0.1) is 26.8 Å². The first-order valence-electron chi connectivity index (χ1n) is 19.4. The molecule has 1 aliphatic rings. The Balaban J connectivity index is 1.25. The Morgan fingerprint density at radius 1 is 0.655 bits per heavy atom. The number of hydrogen-bond acceptors (Lipinski definition) is 5. The molecule has 1 amide bonds. The molecule has 1 aliphatic carbocycles. The summed E-state index contributed by atoms with van der Waals surface area (Å²) in [5, 5.41) is 7.44. The van der Waals surface area contributed by atoms with Crippen LogP contribution < -0.4 is 20.1 Å². The van der Waals surface area contributed by atoms with Gasteiger partial charge >= 0.3 is 5.97 Å². The summed E-state index contributed by atoms with van der Waals surface area (Å²) in [7, 11) is 0. The largest absolute Gasteiger partial charge is 0.488 e. The fraction of sp³-hybridized carbons (Fsp3) is 0.447. The van der Waals surface area contributed by atoms with Crippen LogP contribution in [0.3, 0.4) is 0 Å². The van der Waals surface area contributed by atoms with Gasteiger partial charge in [0, 0.05) is 16.4 Å². The van der Waals surface area contributed by atoms with Crippen LogP contribution in [0.25, 0.3) is 0 Å². The highest BCUT2D eigenvalue weighted by atomic mass is 35.5. The van der Waals surface area contributed by atoms with Crippen LogP contribution in [0.1, 0.15) is 124 Å². The van der Waals surface area contributed by atoms with Crippen LogP contribution >= 0.6 is 23.2 Å². The Hall–Kier alpha value is -4.00. The molecule has 4 aromatic rings. The standard InChI is InChI=1S/C47H58Cl2N2O4/c1-43(2,3)41(52)50-39-24-14-31(29-37(39)48)28-32-15-25-40(38(49)30-32)51-46(9,10)45(7,8)42(53)54-35-20-16-33(17-21-35)47(26-12-11-13-27-47)34-18-22-36(23-19-34)55-44(4,5)6/h14-25,29-30,51H,11-13,26-28H2,1-10H3,(H,50,52). The van der Waals surface area contributed by atoms with Gasteiger partial charge in [-0.2, -0.15) is 0 Å². The van der Waals surface area contributed by atoms with Gasteiger partial charge in [-0.1, -0.05) is 99.6 Å². The van der Waals surface area contributed by atoms with Crippen molar-refractivity contribution in [3.63, 3.8) is 0 Å². The first-order chi connectivity index (χ1) is 25.6. The molecule has 294 valence electrons. The Morgan fingerprint density at radius 2 is 1.15 bits per heavy atom. The van der Waals surface area contributed by atoms with Crippen LogP contribution in [-0.4, -0.2) is 23.0 Å². The number of ether oxygens (including phenoxy) is 2. The maximum absolute atomic E-state index is 13.8. The van der Waals surface area contributed by atoms with E-state index in [0.717, 1.165) is 35.4 Å². The molecule has 0 heterocycles. The third kappa shape index (κ3) is 10.1. The van der Waals surface area contributed by atoms with Crippen LogP contribution in [0.5, 0.6) is 11.5 Å². The van der Waals surface area contributed by atoms with Crippen molar-refractivity contribution >= 4 is 46.5 Å². The van der Waals surface area contributed by atoms with Crippen molar-refractivity contribution in [3.05, 3.63) is 117 Å². The van der Waals surface area contributed by atoms with E-state index in [-0.39, 0.29) is 22.9 Å². The van der Waals surface area contributed by atoms with Crippen LogP contribution in [-0.2, 0) is 21.4 Å². The molecule has 0 atom stereocenters. The van der Waals surface area contributed by atoms with Crippen molar-refractivity contribution in [2.45, 2.75) is 124 Å². The summed E-state index contributed by atoms with van der Waals surface area (Å²) in [4.78, 5) is 26.3. The van der Waals surface area contributed by atoms with E-state index >= 15 is 0 Å². The summed E-state index contributed by atoms with van der Waals surface area (Å²) in [5.74, 6) is 0.951. The van der Waals surface area contributed by atoms with Gasteiger partial charge in [-0.05, 0) is 139 Å². The van der Waals surface area contributed by atoms with Crippen molar-refractivity contribution in [3.8, 4) is 11.5 Å². The van der Waals surface area contributed by atoms with E-state index in [1.165, 1.54) is 30.4 Å². The second-order valence-electron chi connectivity index (χ2n) is 18.2. The molecule has 0 spiro atoms. The Bertz CT molecular complexity index is 1980. The third-order valence-electron chi connectivity index (χ3n) is 11.1. The van der Waals surface area contributed by atoms with E-state index in [4.69, 9.17) is 32.7 Å². The van der Waals surface area contributed by atoms with Gasteiger partial charge in [-0.3, -0.25) is 9.59 Å². The van der Waals surface area contributed by atoms with E-state index in [1.54, 1.807) is 0 Å². The number of halogens is 2. The topological polar surface area (TPSA) is 76.7 Å². The lowest BCUT2D eigenvalue weighted by atomic mass is 9.65. The second kappa shape index (κ2) is 16.2. The molecular weight excluding hydrogens is 727 g/mol. The quantitative estimate of drug-likeness (QED) is 0.117. The maximum Gasteiger partial charge on any atom is 0.319 e. The highest BCUT2D eigenvalue weighted by molar-refractivity contribution is 6.34. The fourth-order valence-corrected chi connectivity index (χ4v) is 7.51. The van der Waals surface area contributed by atoms with Gasteiger partial charge in [-0.25, -0.2) is 0 Å². The predicted octanol–water partition coefficient (Wildman–Crippen LogP) is 12.8. The van der Waals surface area contributed by atoms with Crippen molar-refractivity contribution < 1.29 is 19.1 Å². The molecule has 4 aromatic carbocycles. The predicted molar refractivity (Wildman–Crippen MR) is 228 cm³/mol. The Kier molecular flexibility index (Phi) is 12.4. The van der Waals surface area contributed by atoms with Gasteiger partial charge in [0.25, 0.3) is 0 Å². The van der Waals surface area contributed by atoms with Crippen molar-refractivity contribution in [2.75, 3.05) is 10.6 Å². The van der Waals surface area contributed by atoms with Crippen LogP contribution in [0, 0.1) is 10.8 Å². The fourth-order valence-electron chi connectivity index (χ4n) is 7.01. The van der Waals surface area contributed by atoms with E-state index in [1.807, 2.05) is 97.0 Å². The zero-order chi connectivity index (χ0) is 40.4. The number of carbonyl (C=O) groups is 2. The molecule has 0 aliphatic heterocycles. The average molecular weight is 786 g/mol. The first-order valence-corrected chi connectivity index (χ1v) is 20.1. The first kappa shape index (κ1) is 42.1. The lowest BCUT2D eigenvalue weighted by molar-refractivity contribution is -0.146. The molecule has 1 saturated carbocycles. The highest BCUT2D eigenvalue weighted by Crippen LogP contribution is 2.46. The van der Waals surface area contributed by atoms with Gasteiger partial charge in [0.15, 0.2) is 0 Å². The van der Waals surface area contributed by atoms with Crippen LogP contribution in [0.4, 0.5) is 11.4 Å². The molecule has 6 nitrogen and oxygen atoms in total. The minimum absolute atomic E-state index is 0.0935. The van der Waals surface area contributed by atoms with Crippen LogP contribution in [0.15, 0.2) is 84.9 Å². The molecule has 0 saturated heterocycles. The molecule has 0 radical (unpaired) electrons. The smallest absolute Gasteiger partial charge is 0.319 e. The number of anilines is 2. The summed E-state index contributed by atoms with van der Waals surface area (Å²) in [6, 6.07) is 28.2. The van der Waals surface area contributed by atoms with E-state index < -0.39 is 16.4 Å². The van der Waals surface area contributed by atoms with Gasteiger partial charge in [0.2, 0.25) is 5.91 Å². The van der Waals surface area contributed by atoms with Gasteiger partial charge < -0.3 is 20.1 Å². The summed E-state index contributed by atoms with van der Waals surface area (Å²) in [6.07, 6.45) is 6.32. The molecule has 1 fully saturated rings. The lowest BCUT2D eigenvalue weighted by Gasteiger charge is -2.41. The number of hydrogen-bond donors (Lipinski definition) is 2. The highest BCUT2D eigenvalue weighted by Gasteiger charge is 2.45. The zero-order valence-electron chi connectivity index (χ0n) is 34.2. The zero-order valence-corrected chi connectivity index (χ0v) is 35.7. The minimum Gasteiger partial charge on any atom is -0.488 e. The molecular formula is C47H58Cl2N2O4. The number of benzene rings is 4. The summed E-state index contributed by atoms with van der Waals surface area (Å²) >= 11 is 13.4. The second-order valence-corrected chi connectivity index (χ2v) is 19.0. The molecule has 0 unspecified atom stereocenters. The Morgan fingerprint density at radius 3 is 1.62 bits per heavy atom. The summed E-state index contributed by atoms with van der Waals surface area (Å²) < 4.78 is 12.2. The van der Waals surface area contributed by atoms with E-state index in [2.05, 4.69) is 67.8 Å². The maximum atomic E-state index is 13.8. The van der Waals surface area contributed by atoms with Crippen molar-refractivity contribution in [1.29, 1.82) is 0 Å². The van der Waals surface area contributed by atoms with Crippen LogP contribution in [0.2, 0.25) is 10.0 Å². The number of amides is 1. The minimum atomic E-state index is -0.934. The normalized spacial score (nSPS) is 14.9. The molecule has 55 heavy (non-hydrogen) atoms. The lowest BCUT2D eigenvalue weighted by Crippen LogP contribution is -2.52. The number of carbonyl (C=O) groups excluding carboxylic acids is 2. The molecule has 2 N–H and O–H groups in total. The Labute approximate surface area is 338 Å². The van der Waals surface area contributed by atoms with E-state index in [0.29, 0.717) is 27.9 Å². The number of nitrogens with one attached hydrogen (secondary N) is 2. The molecule has 5 rings (SSSR count). The monoisotopic (exact) mass is 784 g/mol. The molecule has 0 aromatic heterocycles. The summed E-state index contributed by atoms with van der Waals surface area (Å²) in [6.45, 7) is 19.5. The molecule has 8 heteroatoms. The van der Waals surface area contributed by atoms with Gasteiger partial charge in [0.1, 0.15) is 17.1 Å². The van der Waals surface area contributed by atoms with E-state index in [9.17, 15) is 9.59 Å². The number of esters is 1. The third-order valence-corrected chi connectivity index (χ3v) is 11.7. The average Bonchev–Trinajstić information content (AvgIpc) is 3.10. The summed E-state index contributed by atoms with van der Waals surface area (Å²) in [5.41, 5.74) is 3.28. The van der Waals surface area contributed by atoms with Gasteiger partial charge in [-0.15, -0.1) is 0 Å². The SMILES string of the molecule is CC(C)(C)Oc1ccc(C2(c3ccc(OC(=O)C(C)(C)C(C)(C)Nc4ccc(Cc5ccc(NC(=O)C(C)(C)C)c(Cl)c5)cc4Cl)cc3)CCCCC2)cc1. The van der Waals surface area contributed by atoms with Crippen molar-refractivity contribution in [2.24, 2.45) is 10.8 Å². The number of rotatable bonds is 11. The molecule has 0 bridgehead atoms. The van der Waals surface area contributed by atoms with Crippen molar-refractivity contribution in [1.82, 2.24) is 0 Å².